The lowest BCUT2D eigenvalue weighted by atomic mass is 10.0. The first-order valence-electron chi connectivity index (χ1n) is 7.70. The van der Waals surface area contributed by atoms with Crippen LogP contribution in [0, 0.1) is 11.3 Å². The highest BCUT2D eigenvalue weighted by molar-refractivity contribution is 6.02. The second kappa shape index (κ2) is 6.21. The molecule has 0 aliphatic carbocycles. The van der Waals surface area contributed by atoms with Crippen LogP contribution >= 0.6 is 0 Å². The van der Waals surface area contributed by atoms with Crippen LogP contribution in [0.15, 0.2) is 24.3 Å². The van der Waals surface area contributed by atoms with Crippen LogP contribution in [0.25, 0.3) is 0 Å². The molecule has 118 valence electrons. The Balaban J connectivity index is 1.46. The summed E-state index contributed by atoms with van der Waals surface area (Å²) < 4.78 is 0. The number of likely N-dealkylation sites (tertiary alicyclic amines) is 2. The van der Waals surface area contributed by atoms with Crippen LogP contribution in [0.4, 0.5) is 0 Å². The van der Waals surface area contributed by atoms with Gasteiger partial charge in [-0.1, -0.05) is 12.1 Å². The maximum absolute atomic E-state index is 12.1. The number of hydrogen-bond donors (Lipinski definition) is 0. The number of benzene rings is 1. The minimum absolute atomic E-state index is 0.0321. The van der Waals surface area contributed by atoms with Gasteiger partial charge in [-0.3, -0.25) is 19.3 Å². The van der Waals surface area contributed by atoms with Gasteiger partial charge in [-0.2, -0.15) is 5.26 Å². The first-order valence-corrected chi connectivity index (χ1v) is 7.70. The fourth-order valence-corrected chi connectivity index (χ4v) is 2.98. The Morgan fingerprint density at radius 2 is 1.74 bits per heavy atom. The number of nitrogens with zero attached hydrogens (tertiary/aromatic N) is 3. The Bertz CT molecular complexity index is 668. The topological polar surface area (TPSA) is 81.5 Å². The molecule has 0 atom stereocenters. The fraction of sp³-hybridized carbons (Fsp3) is 0.412. The molecule has 2 heterocycles. The highest BCUT2D eigenvalue weighted by Gasteiger charge is 2.42. The van der Waals surface area contributed by atoms with Gasteiger partial charge in [0.25, 0.3) is 0 Å². The molecule has 0 aromatic heterocycles. The predicted octanol–water partition coefficient (Wildman–Crippen LogP) is 0.851. The molecule has 6 heteroatoms. The molecule has 3 amide bonds. The smallest absolute Gasteiger partial charge is 0.230 e. The number of nitriles is 1. The van der Waals surface area contributed by atoms with Gasteiger partial charge in [0.15, 0.2) is 0 Å². The zero-order valence-corrected chi connectivity index (χ0v) is 12.7. The summed E-state index contributed by atoms with van der Waals surface area (Å²) in [6.45, 7) is 0.896. The molecule has 2 saturated heterocycles. The molecule has 0 unspecified atom stereocenters. The highest BCUT2D eigenvalue weighted by Crippen LogP contribution is 2.23. The number of imide groups is 1. The van der Waals surface area contributed by atoms with E-state index in [9.17, 15) is 14.4 Å². The normalized spacial score (nSPS) is 18.0. The van der Waals surface area contributed by atoms with Crippen molar-refractivity contribution < 1.29 is 14.4 Å². The van der Waals surface area contributed by atoms with Gasteiger partial charge in [0, 0.05) is 32.4 Å². The molecule has 2 aliphatic rings. The van der Waals surface area contributed by atoms with Gasteiger partial charge in [-0.15, -0.1) is 0 Å². The summed E-state index contributed by atoms with van der Waals surface area (Å²) in [5.74, 6) is -0.209. The largest absolute Gasteiger partial charge is 0.338 e. The molecule has 6 nitrogen and oxygen atoms in total. The van der Waals surface area contributed by atoms with Crippen molar-refractivity contribution in [3.63, 3.8) is 0 Å². The summed E-state index contributed by atoms with van der Waals surface area (Å²) in [5, 5.41) is 8.75. The molecular formula is C17H17N3O3. The zero-order chi connectivity index (χ0) is 16.4. The highest BCUT2D eigenvalue weighted by atomic mass is 16.2. The summed E-state index contributed by atoms with van der Waals surface area (Å²) in [6.07, 6.45) is 1.59. The zero-order valence-electron chi connectivity index (χ0n) is 12.7. The van der Waals surface area contributed by atoms with Gasteiger partial charge < -0.3 is 4.90 Å². The number of carbonyl (C=O) groups excluding carboxylic acids is 3. The quantitative estimate of drug-likeness (QED) is 0.772. The SMILES string of the molecule is N#Cc1ccc(CCC(=O)N2CC(N3C(=O)CCC3=O)C2)cc1. The van der Waals surface area contributed by atoms with Crippen molar-refractivity contribution in [2.45, 2.75) is 31.7 Å². The third kappa shape index (κ3) is 3.09. The van der Waals surface area contributed by atoms with Gasteiger partial charge in [-0.05, 0) is 24.1 Å². The summed E-state index contributed by atoms with van der Waals surface area (Å²) in [7, 11) is 0. The van der Waals surface area contributed by atoms with Crippen LogP contribution in [0.3, 0.4) is 0 Å². The molecule has 2 fully saturated rings. The van der Waals surface area contributed by atoms with Crippen molar-refractivity contribution in [1.29, 1.82) is 5.26 Å². The van der Waals surface area contributed by atoms with Crippen molar-refractivity contribution >= 4 is 17.7 Å². The van der Waals surface area contributed by atoms with Crippen LogP contribution in [-0.4, -0.2) is 46.7 Å². The molecule has 1 aromatic carbocycles. The first-order chi connectivity index (χ1) is 11.1. The number of aryl methyl sites for hydroxylation is 1. The second-order valence-electron chi connectivity index (χ2n) is 5.92. The van der Waals surface area contributed by atoms with Crippen molar-refractivity contribution in [2.24, 2.45) is 0 Å². The lowest BCUT2D eigenvalue weighted by Crippen LogP contribution is -2.62. The molecule has 0 bridgehead atoms. The van der Waals surface area contributed by atoms with Crippen molar-refractivity contribution in [1.82, 2.24) is 9.80 Å². The molecule has 0 radical (unpaired) electrons. The standard InChI is InChI=1S/C17H17N3O3/c18-9-13-3-1-12(2-4-13)5-6-15(21)19-10-14(11-19)20-16(22)7-8-17(20)23/h1-4,14H,5-8,10-11H2. The Labute approximate surface area is 134 Å². The lowest BCUT2D eigenvalue weighted by Gasteiger charge is -2.43. The Morgan fingerprint density at radius 1 is 1.13 bits per heavy atom. The molecular weight excluding hydrogens is 294 g/mol. The minimum Gasteiger partial charge on any atom is -0.338 e. The third-order valence-electron chi connectivity index (χ3n) is 4.38. The summed E-state index contributed by atoms with van der Waals surface area (Å²) in [4.78, 5) is 38.4. The van der Waals surface area contributed by atoms with Crippen LogP contribution in [-0.2, 0) is 20.8 Å². The third-order valence-corrected chi connectivity index (χ3v) is 4.38. The number of amides is 3. The molecule has 23 heavy (non-hydrogen) atoms. The van der Waals surface area contributed by atoms with E-state index in [0.717, 1.165) is 5.56 Å². The van der Waals surface area contributed by atoms with Crippen LogP contribution in [0.5, 0.6) is 0 Å². The molecule has 0 saturated carbocycles. The summed E-state index contributed by atoms with van der Waals surface area (Å²) in [5.41, 5.74) is 1.62. The monoisotopic (exact) mass is 311 g/mol. The molecule has 3 rings (SSSR count). The van der Waals surface area contributed by atoms with Gasteiger partial charge in [0.2, 0.25) is 17.7 Å². The van der Waals surface area contributed by atoms with E-state index in [1.54, 1.807) is 17.0 Å². The van der Waals surface area contributed by atoms with Gasteiger partial charge in [0.1, 0.15) is 0 Å². The van der Waals surface area contributed by atoms with Crippen molar-refractivity contribution in [3.8, 4) is 6.07 Å². The summed E-state index contributed by atoms with van der Waals surface area (Å²) in [6, 6.07) is 9.10. The molecule has 1 aromatic rings. The fourth-order valence-electron chi connectivity index (χ4n) is 2.98. The van der Waals surface area contributed by atoms with Crippen LogP contribution in [0.2, 0.25) is 0 Å². The van der Waals surface area contributed by atoms with E-state index in [1.165, 1.54) is 4.90 Å². The van der Waals surface area contributed by atoms with Gasteiger partial charge >= 0.3 is 0 Å². The maximum Gasteiger partial charge on any atom is 0.230 e. The van der Waals surface area contributed by atoms with E-state index < -0.39 is 0 Å². The maximum atomic E-state index is 12.1. The average Bonchev–Trinajstić information content (AvgIpc) is 2.84. The van der Waals surface area contributed by atoms with Gasteiger partial charge in [0.05, 0.1) is 17.7 Å². The van der Waals surface area contributed by atoms with Crippen LogP contribution < -0.4 is 0 Å². The number of hydrogen-bond acceptors (Lipinski definition) is 4. The lowest BCUT2D eigenvalue weighted by molar-refractivity contribution is -0.151. The molecule has 2 aliphatic heterocycles. The van der Waals surface area contributed by atoms with E-state index in [0.29, 0.717) is 44.3 Å². The average molecular weight is 311 g/mol. The van der Waals surface area contributed by atoms with E-state index in [-0.39, 0.29) is 23.8 Å². The Morgan fingerprint density at radius 3 is 2.30 bits per heavy atom. The summed E-state index contributed by atoms with van der Waals surface area (Å²) >= 11 is 0. The molecule has 0 N–H and O–H groups in total. The van der Waals surface area contributed by atoms with Crippen molar-refractivity contribution in [3.05, 3.63) is 35.4 Å². The second-order valence-corrected chi connectivity index (χ2v) is 5.92. The minimum atomic E-state index is -0.142. The predicted molar refractivity (Wildman–Crippen MR) is 80.9 cm³/mol. The number of carbonyl (C=O) groups is 3. The van der Waals surface area contributed by atoms with Crippen LogP contribution in [0.1, 0.15) is 30.4 Å². The Hall–Kier alpha value is -2.68. The van der Waals surface area contributed by atoms with Crippen molar-refractivity contribution in [2.75, 3.05) is 13.1 Å². The van der Waals surface area contributed by atoms with E-state index in [1.807, 2.05) is 12.1 Å². The van der Waals surface area contributed by atoms with E-state index in [4.69, 9.17) is 5.26 Å². The van der Waals surface area contributed by atoms with E-state index in [2.05, 4.69) is 6.07 Å². The van der Waals surface area contributed by atoms with E-state index >= 15 is 0 Å². The number of rotatable bonds is 4. The first kappa shape index (κ1) is 15.2. The Kier molecular flexibility index (Phi) is 4.11. The molecule has 0 spiro atoms. The van der Waals surface area contributed by atoms with Gasteiger partial charge in [-0.25, -0.2) is 0 Å².